The van der Waals surface area contributed by atoms with Gasteiger partial charge >= 0.3 is 0 Å². The van der Waals surface area contributed by atoms with Gasteiger partial charge in [-0.3, -0.25) is 4.90 Å². The first-order valence-corrected chi connectivity index (χ1v) is 9.68. The Balaban J connectivity index is 1.43. The van der Waals surface area contributed by atoms with Gasteiger partial charge in [0, 0.05) is 5.54 Å². The number of piperidine rings is 1. The first-order valence-electron chi connectivity index (χ1n) is 9.68. The van der Waals surface area contributed by atoms with Crippen LogP contribution >= 0.6 is 0 Å². The maximum atomic E-state index is 2.95. The van der Waals surface area contributed by atoms with Crippen molar-refractivity contribution in [3.63, 3.8) is 0 Å². The van der Waals surface area contributed by atoms with E-state index < -0.39 is 0 Å². The minimum absolute atomic E-state index is 0.631. The van der Waals surface area contributed by atoms with Crippen molar-refractivity contribution in [2.24, 2.45) is 11.8 Å². The van der Waals surface area contributed by atoms with Gasteiger partial charge in [0.15, 0.2) is 0 Å². The van der Waals surface area contributed by atoms with E-state index in [1.807, 2.05) is 0 Å². The topological polar surface area (TPSA) is 3.24 Å². The molecule has 2 atom stereocenters. The third-order valence-corrected chi connectivity index (χ3v) is 6.75. The predicted octanol–water partition coefficient (Wildman–Crippen LogP) is 5.05. The van der Waals surface area contributed by atoms with Crippen molar-refractivity contribution >= 4 is 0 Å². The van der Waals surface area contributed by atoms with Gasteiger partial charge in [-0.2, -0.15) is 0 Å². The van der Waals surface area contributed by atoms with Crippen LogP contribution in [0.2, 0.25) is 0 Å². The monoisotopic (exact) mass is 297 g/mol. The molecule has 1 aromatic rings. The second-order valence-electron chi connectivity index (χ2n) is 7.95. The molecule has 0 aromatic heterocycles. The first kappa shape index (κ1) is 14.8. The predicted molar refractivity (Wildman–Crippen MR) is 93.0 cm³/mol. The van der Waals surface area contributed by atoms with Gasteiger partial charge in [0.2, 0.25) is 0 Å². The normalized spacial score (nSPS) is 33.2. The van der Waals surface area contributed by atoms with Crippen LogP contribution < -0.4 is 0 Å². The molecule has 1 heteroatoms. The maximum absolute atomic E-state index is 2.95. The number of benzene rings is 1. The number of hydrogen-bond donors (Lipinski definition) is 0. The molecule has 4 rings (SSSR count). The molecule has 0 spiro atoms. The second-order valence-corrected chi connectivity index (χ2v) is 7.95. The summed E-state index contributed by atoms with van der Waals surface area (Å²) in [5.74, 6) is 2.00. The lowest BCUT2D eigenvalue weighted by atomic mass is 9.88. The van der Waals surface area contributed by atoms with Crippen LogP contribution in [-0.2, 0) is 6.42 Å². The Morgan fingerprint density at radius 3 is 2.36 bits per heavy atom. The van der Waals surface area contributed by atoms with Crippen molar-refractivity contribution in [2.75, 3.05) is 13.1 Å². The van der Waals surface area contributed by atoms with Gasteiger partial charge in [0.1, 0.15) is 0 Å². The largest absolute Gasteiger partial charge is 0.297 e. The molecule has 0 radical (unpaired) electrons. The average molecular weight is 297 g/mol. The Hall–Kier alpha value is -0.820. The number of aryl methyl sites for hydroxylation is 1. The van der Waals surface area contributed by atoms with E-state index in [0.29, 0.717) is 5.54 Å². The summed E-state index contributed by atoms with van der Waals surface area (Å²) in [6.45, 7) is 2.77. The second kappa shape index (κ2) is 6.35. The summed E-state index contributed by atoms with van der Waals surface area (Å²) >= 11 is 0. The Bertz CT molecular complexity index is 470. The van der Waals surface area contributed by atoms with E-state index in [-0.39, 0.29) is 0 Å². The first-order chi connectivity index (χ1) is 10.9. The van der Waals surface area contributed by atoms with E-state index in [1.165, 1.54) is 82.9 Å². The highest BCUT2D eigenvalue weighted by Gasteiger charge is 2.61. The van der Waals surface area contributed by atoms with Gasteiger partial charge in [0.05, 0.1) is 0 Å². The van der Waals surface area contributed by atoms with Gasteiger partial charge in [-0.25, -0.2) is 0 Å². The van der Waals surface area contributed by atoms with Crippen molar-refractivity contribution in [3.8, 4) is 0 Å². The molecule has 1 aliphatic heterocycles. The fourth-order valence-corrected chi connectivity index (χ4v) is 5.55. The molecule has 0 N–H and O–H groups in total. The number of rotatable bonds is 5. The summed E-state index contributed by atoms with van der Waals surface area (Å²) < 4.78 is 0. The molecule has 0 unspecified atom stereocenters. The summed E-state index contributed by atoms with van der Waals surface area (Å²) in [5, 5.41) is 0. The van der Waals surface area contributed by atoms with E-state index in [9.17, 15) is 0 Å². The van der Waals surface area contributed by atoms with E-state index in [0.717, 1.165) is 11.8 Å². The van der Waals surface area contributed by atoms with Crippen LogP contribution in [0.25, 0.3) is 0 Å². The van der Waals surface area contributed by atoms with E-state index in [1.54, 1.807) is 0 Å². The number of nitrogens with zero attached hydrogens (tertiary/aromatic N) is 1. The summed E-state index contributed by atoms with van der Waals surface area (Å²) in [5.41, 5.74) is 2.17. The summed E-state index contributed by atoms with van der Waals surface area (Å²) in [7, 11) is 0. The van der Waals surface area contributed by atoms with Crippen LogP contribution in [0.1, 0.15) is 63.4 Å². The molecular weight excluding hydrogens is 266 g/mol. The molecule has 2 aliphatic carbocycles. The van der Waals surface area contributed by atoms with Crippen molar-refractivity contribution in [1.29, 1.82) is 0 Å². The zero-order chi connectivity index (χ0) is 14.8. The third kappa shape index (κ3) is 2.73. The summed E-state index contributed by atoms with van der Waals surface area (Å²) in [4.78, 5) is 2.95. The highest BCUT2D eigenvalue weighted by atomic mass is 15.2. The third-order valence-electron chi connectivity index (χ3n) is 6.75. The van der Waals surface area contributed by atoms with E-state index in [4.69, 9.17) is 0 Å². The Morgan fingerprint density at radius 2 is 1.64 bits per heavy atom. The molecule has 1 nitrogen and oxygen atoms in total. The van der Waals surface area contributed by atoms with Gasteiger partial charge in [-0.05, 0) is 75.4 Å². The SMILES string of the molecule is c1ccc(CC[C@H]2C[C@@]2(C2CCCC2)N2CCCCC2)cc1. The van der Waals surface area contributed by atoms with Gasteiger partial charge in [0.25, 0.3) is 0 Å². The van der Waals surface area contributed by atoms with E-state index >= 15 is 0 Å². The summed E-state index contributed by atoms with van der Waals surface area (Å²) in [6.07, 6.45) is 14.6. The zero-order valence-electron chi connectivity index (χ0n) is 14.0. The smallest absolute Gasteiger partial charge is 0.0270 e. The van der Waals surface area contributed by atoms with Crippen LogP contribution in [0.5, 0.6) is 0 Å². The number of likely N-dealkylation sites (tertiary alicyclic amines) is 1. The Kier molecular flexibility index (Phi) is 4.26. The molecule has 22 heavy (non-hydrogen) atoms. The van der Waals surface area contributed by atoms with Gasteiger partial charge in [-0.15, -0.1) is 0 Å². The molecule has 1 saturated heterocycles. The Morgan fingerprint density at radius 1 is 0.909 bits per heavy atom. The molecular formula is C21H31N. The summed E-state index contributed by atoms with van der Waals surface area (Å²) in [6, 6.07) is 11.1. The van der Waals surface area contributed by atoms with E-state index in [2.05, 4.69) is 35.2 Å². The average Bonchev–Trinajstić information content (AvgIpc) is 3.05. The van der Waals surface area contributed by atoms with Gasteiger partial charge < -0.3 is 0 Å². The fourth-order valence-electron chi connectivity index (χ4n) is 5.55. The number of hydrogen-bond acceptors (Lipinski definition) is 1. The fraction of sp³-hybridized carbons (Fsp3) is 0.714. The minimum Gasteiger partial charge on any atom is -0.297 e. The van der Waals surface area contributed by atoms with Crippen LogP contribution in [0.4, 0.5) is 0 Å². The molecule has 0 amide bonds. The molecule has 0 bridgehead atoms. The quantitative estimate of drug-likeness (QED) is 0.734. The van der Waals surface area contributed by atoms with Gasteiger partial charge in [-0.1, -0.05) is 49.6 Å². The van der Waals surface area contributed by atoms with Crippen LogP contribution in [0.3, 0.4) is 0 Å². The molecule has 3 aliphatic rings. The van der Waals surface area contributed by atoms with Crippen molar-refractivity contribution in [3.05, 3.63) is 35.9 Å². The zero-order valence-corrected chi connectivity index (χ0v) is 14.0. The molecule has 120 valence electrons. The van der Waals surface area contributed by atoms with Crippen molar-refractivity contribution < 1.29 is 0 Å². The van der Waals surface area contributed by atoms with Crippen LogP contribution in [0, 0.1) is 11.8 Å². The highest BCUT2D eigenvalue weighted by Crippen LogP contribution is 2.60. The maximum Gasteiger partial charge on any atom is 0.0270 e. The lowest BCUT2D eigenvalue weighted by molar-refractivity contribution is 0.0834. The lowest BCUT2D eigenvalue weighted by Gasteiger charge is -2.40. The molecule has 2 saturated carbocycles. The standard InChI is InChI=1S/C21H31N/c1-3-9-18(10-4-1)13-14-20-17-21(20,19-11-5-6-12-19)22-15-7-2-8-16-22/h1,3-4,9-10,19-20H,2,5-8,11-17H2/t20-,21-/m0/s1. The van der Waals surface area contributed by atoms with Crippen LogP contribution in [0.15, 0.2) is 30.3 Å². The minimum atomic E-state index is 0.631. The highest BCUT2D eigenvalue weighted by molar-refractivity contribution is 5.19. The molecule has 3 fully saturated rings. The molecule has 1 heterocycles. The van der Waals surface area contributed by atoms with Crippen LogP contribution in [-0.4, -0.2) is 23.5 Å². The lowest BCUT2D eigenvalue weighted by Crippen LogP contribution is -2.46. The van der Waals surface area contributed by atoms with Crippen molar-refractivity contribution in [2.45, 2.75) is 69.7 Å². The van der Waals surface area contributed by atoms with Crippen molar-refractivity contribution in [1.82, 2.24) is 4.90 Å². The molecule has 1 aromatic carbocycles. The Labute approximate surface area is 136 Å².